The Hall–Kier alpha value is -1.09. The van der Waals surface area contributed by atoms with Gasteiger partial charge in [-0.25, -0.2) is 4.39 Å². The molecule has 1 aromatic rings. The van der Waals surface area contributed by atoms with Crippen LogP contribution in [0.25, 0.3) is 0 Å². The van der Waals surface area contributed by atoms with E-state index in [2.05, 4.69) is 37.2 Å². The predicted molar refractivity (Wildman–Crippen MR) is 74.4 cm³/mol. The second-order valence-corrected chi connectivity index (χ2v) is 5.29. The fourth-order valence-corrected chi connectivity index (χ4v) is 2.34. The second kappa shape index (κ2) is 5.70. The highest BCUT2D eigenvalue weighted by Crippen LogP contribution is 2.36. The van der Waals surface area contributed by atoms with Crippen LogP contribution in [0.1, 0.15) is 32.3 Å². The Morgan fingerprint density at radius 1 is 1.39 bits per heavy atom. The zero-order valence-corrected chi connectivity index (χ0v) is 11.5. The van der Waals surface area contributed by atoms with Crippen molar-refractivity contribution in [3.05, 3.63) is 29.6 Å². The van der Waals surface area contributed by atoms with Gasteiger partial charge in [0.25, 0.3) is 0 Å². The van der Waals surface area contributed by atoms with E-state index < -0.39 is 0 Å². The number of rotatable bonds is 6. The summed E-state index contributed by atoms with van der Waals surface area (Å²) in [7, 11) is 2.06. The Bertz CT molecular complexity index is 401. The summed E-state index contributed by atoms with van der Waals surface area (Å²) in [5.74, 6) is 0.644. The SMILES string of the molecule is CCNCc1cc(F)cc(N(C)C(C)C2CC2)c1. The molecule has 1 fully saturated rings. The molecule has 2 nitrogen and oxygen atoms in total. The molecule has 1 N–H and O–H groups in total. The number of hydrogen-bond acceptors (Lipinski definition) is 2. The first kappa shape index (κ1) is 13.3. The third-order valence-corrected chi connectivity index (χ3v) is 3.84. The summed E-state index contributed by atoms with van der Waals surface area (Å²) in [6.45, 7) is 5.92. The molecule has 0 amide bonds. The van der Waals surface area contributed by atoms with Crippen molar-refractivity contribution in [3.63, 3.8) is 0 Å². The smallest absolute Gasteiger partial charge is 0.125 e. The number of benzene rings is 1. The second-order valence-electron chi connectivity index (χ2n) is 5.29. The van der Waals surface area contributed by atoms with Crippen molar-refractivity contribution < 1.29 is 4.39 Å². The summed E-state index contributed by atoms with van der Waals surface area (Å²) in [5, 5.41) is 3.24. The van der Waals surface area contributed by atoms with Crippen molar-refractivity contribution in [2.24, 2.45) is 5.92 Å². The molecule has 0 saturated heterocycles. The van der Waals surface area contributed by atoms with Gasteiger partial charge in [0.1, 0.15) is 5.82 Å². The molecule has 0 aliphatic heterocycles. The van der Waals surface area contributed by atoms with Crippen LogP contribution in [0, 0.1) is 11.7 Å². The van der Waals surface area contributed by atoms with Gasteiger partial charge in [0.2, 0.25) is 0 Å². The first-order valence-electron chi connectivity index (χ1n) is 6.84. The maximum Gasteiger partial charge on any atom is 0.125 e. The molecule has 0 aromatic heterocycles. The minimum Gasteiger partial charge on any atom is -0.372 e. The summed E-state index contributed by atoms with van der Waals surface area (Å²) in [4.78, 5) is 2.20. The lowest BCUT2D eigenvalue weighted by Gasteiger charge is -2.27. The largest absolute Gasteiger partial charge is 0.372 e. The topological polar surface area (TPSA) is 15.3 Å². The average molecular weight is 250 g/mol. The van der Waals surface area contributed by atoms with Crippen LogP contribution in [0.15, 0.2) is 18.2 Å². The Labute approximate surface area is 109 Å². The third-order valence-electron chi connectivity index (χ3n) is 3.84. The van der Waals surface area contributed by atoms with Gasteiger partial charge in [-0.2, -0.15) is 0 Å². The average Bonchev–Trinajstić information content (AvgIpc) is 3.18. The van der Waals surface area contributed by atoms with Gasteiger partial charge >= 0.3 is 0 Å². The lowest BCUT2D eigenvalue weighted by molar-refractivity contribution is 0.597. The van der Waals surface area contributed by atoms with E-state index in [1.165, 1.54) is 12.8 Å². The summed E-state index contributed by atoms with van der Waals surface area (Å²) in [5.41, 5.74) is 2.00. The quantitative estimate of drug-likeness (QED) is 0.834. The van der Waals surface area contributed by atoms with Crippen LogP contribution in [-0.4, -0.2) is 19.6 Å². The van der Waals surface area contributed by atoms with E-state index in [1.54, 1.807) is 12.1 Å². The van der Waals surface area contributed by atoms with Gasteiger partial charge in [0, 0.05) is 25.3 Å². The number of nitrogens with one attached hydrogen (secondary N) is 1. The monoisotopic (exact) mass is 250 g/mol. The molecule has 0 bridgehead atoms. The van der Waals surface area contributed by atoms with Gasteiger partial charge in [-0.15, -0.1) is 0 Å². The first-order chi connectivity index (χ1) is 8.61. The van der Waals surface area contributed by atoms with Crippen LogP contribution in [-0.2, 0) is 6.54 Å². The van der Waals surface area contributed by atoms with E-state index in [0.29, 0.717) is 6.04 Å². The fraction of sp³-hybridized carbons (Fsp3) is 0.600. The molecule has 1 aromatic carbocycles. The maximum absolute atomic E-state index is 13.6. The molecule has 1 saturated carbocycles. The van der Waals surface area contributed by atoms with Crippen LogP contribution in [0.5, 0.6) is 0 Å². The maximum atomic E-state index is 13.6. The third kappa shape index (κ3) is 3.22. The number of halogens is 1. The number of nitrogens with zero attached hydrogens (tertiary/aromatic N) is 1. The van der Waals surface area contributed by atoms with E-state index >= 15 is 0 Å². The summed E-state index contributed by atoms with van der Waals surface area (Å²) < 4.78 is 13.6. The molecule has 0 radical (unpaired) electrons. The lowest BCUT2D eigenvalue weighted by atomic mass is 10.1. The highest BCUT2D eigenvalue weighted by atomic mass is 19.1. The van der Waals surface area contributed by atoms with Crippen molar-refractivity contribution in [1.29, 1.82) is 0 Å². The normalized spacial score (nSPS) is 16.7. The summed E-state index contributed by atoms with van der Waals surface area (Å²) in [6, 6.07) is 5.83. The Morgan fingerprint density at radius 2 is 2.11 bits per heavy atom. The zero-order chi connectivity index (χ0) is 13.1. The van der Waals surface area contributed by atoms with Crippen LogP contribution in [0.2, 0.25) is 0 Å². The molecular weight excluding hydrogens is 227 g/mol. The molecule has 1 aliphatic carbocycles. The van der Waals surface area contributed by atoms with Crippen molar-refractivity contribution in [3.8, 4) is 0 Å². The number of anilines is 1. The van der Waals surface area contributed by atoms with Crippen molar-refractivity contribution in [2.45, 2.75) is 39.3 Å². The van der Waals surface area contributed by atoms with E-state index in [1.807, 2.05) is 0 Å². The first-order valence-corrected chi connectivity index (χ1v) is 6.84. The molecular formula is C15H23FN2. The van der Waals surface area contributed by atoms with Crippen LogP contribution < -0.4 is 10.2 Å². The minimum absolute atomic E-state index is 0.143. The number of hydrogen-bond donors (Lipinski definition) is 1. The Morgan fingerprint density at radius 3 is 2.72 bits per heavy atom. The van der Waals surface area contributed by atoms with Gasteiger partial charge in [0.05, 0.1) is 0 Å². The van der Waals surface area contributed by atoms with E-state index in [0.717, 1.165) is 30.3 Å². The van der Waals surface area contributed by atoms with Crippen molar-refractivity contribution in [1.82, 2.24) is 5.32 Å². The molecule has 100 valence electrons. The minimum atomic E-state index is -0.143. The standard InChI is InChI=1S/C15H23FN2/c1-4-17-10-12-7-14(16)9-15(8-12)18(3)11(2)13-5-6-13/h7-9,11,13,17H,4-6,10H2,1-3H3. The summed E-state index contributed by atoms with van der Waals surface area (Å²) in [6.07, 6.45) is 2.62. The van der Waals surface area contributed by atoms with E-state index in [4.69, 9.17) is 0 Å². The molecule has 1 aliphatic rings. The molecule has 0 spiro atoms. The molecule has 1 atom stereocenters. The van der Waals surface area contributed by atoms with Crippen LogP contribution in [0.3, 0.4) is 0 Å². The molecule has 0 heterocycles. The van der Waals surface area contributed by atoms with E-state index in [-0.39, 0.29) is 5.82 Å². The van der Waals surface area contributed by atoms with Gasteiger partial charge in [-0.1, -0.05) is 6.92 Å². The Balaban J connectivity index is 2.12. The zero-order valence-electron chi connectivity index (χ0n) is 11.5. The Kier molecular flexibility index (Phi) is 4.23. The van der Waals surface area contributed by atoms with Crippen molar-refractivity contribution in [2.75, 3.05) is 18.5 Å². The fourth-order valence-electron chi connectivity index (χ4n) is 2.34. The van der Waals surface area contributed by atoms with E-state index in [9.17, 15) is 4.39 Å². The van der Waals surface area contributed by atoms with Gasteiger partial charge in [0.15, 0.2) is 0 Å². The van der Waals surface area contributed by atoms with Gasteiger partial charge < -0.3 is 10.2 Å². The summed E-state index contributed by atoms with van der Waals surface area (Å²) >= 11 is 0. The van der Waals surface area contributed by atoms with Gasteiger partial charge in [-0.05, 0) is 56.0 Å². The highest BCUT2D eigenvalue weighted by Gasteiger charge is 2.30. The van der Waals surface area contributed by atoms with Crippen LogP contribution >= 0.6 is 0 Å². The molecule has 2 rings (SSSR count). The van der Waals surface area contributed by atoms with Gasteiger partial charge in [-0.3, -0.25) is 0 Å². The molecule has 3 heteroatoms. The van der Waals surface area contributed by atoms with Crippen molar-refractivity contribution >= 4 is 5.69 Å². The lowest BCUT2D eigenvalue weighted by Crippen LogP contribution is -2.30. The highest BCUT2D eigenvalue weighted by molar-refractivity contribution is 5.49. The predicted octanol–water partition coefficient (Wildman–Crippen LogP) is 3.17. The van der Waals surface area contributed by atoms with Crippen LogP contribution in [0.4, 0.5) is 10.1 Å². The molecule has 18 heavy (non-hydrogen) atoms. The molecule has 1 unspecified atom stereocenters.